The van der Waals surface area contributed by atoms with Gasteiger partial charge in [-0.25, -0.2) is 0 Å². The van der Waals surface area contributed by atoms with Crippen LogP contribution < -0.4 is 0 Å². The molecule has 6 heteroatoms. The van der Waals surface area contributed by atoms with Gasteiger partial charge >= 0.3 is 5.97 Å². The summed E-state index contributed by atoms with van der Waals surface area (Å²) in [6, 6.07) is 0. The van der Waals surface area contributed by atoms with Crippen LogP contribution in [0.1, 0.15) is 52.4 Å². The van der Waals surface area contributed by atoms with Gasteiger partial charge in [0.25, 0.3) is 0 Å². The van der Waals surface area contributed by atoms with Gasteiger partial charge in [0.1, 0.15) is 6.61 Å². The van der Waals surface area contributed by atoms with Crippen molar-refractivity contribution in [2.24, 2.45) is 10.8 Å². The molecular weight excluding hydrogens is 312 g/mol. The SMILES string of the molecule is CCC1(CO)COC1.CCC1(COC(=O)CCCCCO)COC1. The molecule has 2 aliphatic heterocycles. The molecule has 0 spiro atoms. The first kappa shape index (κ1) is 21.4. The Morgan fingerprint density at radius 2 is 1.54 bits per heavy atom. The number of rotatable bonds is 10. The van der Waals surface area contributed by atoms with E-state index in [2.05, 4.69) is 13.8 Å². The Morgan fingerprint density at radius 3 is 1.88 bits per heavy atom. The Balaban J connectivity index is 0.000000300. The summed E-state index contributed by atoms with van der Waals surface area (Å²) < 4.78 is 15.4. The molecule has 6 nitrogen and oxygen atoms in total. The van der Waals surface area contributed by atoms with E-state index in [-0.39, 0.29) is 30.0 Å². The van der Waals surface area contributed by atoms with Gasteiger partial charge in [0, 0.05) is 18.4 Å². The maximum Gasteiger partial charge on any atom is 0.305 e. The molecule has 0 atom stereocenters. The highest BCUT2D eigenvalue weighted by Gasteiger charge is 2.38. The standard InChI is InChI=1S/C12H22O4.C6H12O2/c1-2-12(8-15-9-12)10-16-11(14)6-4-3-5-7-13;1-2-6(3-7)4-8-5-6/h13H,2-10H2,1H3;7H,2-5H2,1H3. The molecule has 2 rings (SSSR count). The molecule has 2 fully saturated rings. The van der Waals surface area contributed by atoms with Gasteiger partial charge in [-0.05, 0) is 25.7 Å². The van der Waals surface area contributed by atoms with Crippen molar-refractivity contribution in [1.29, 1.82) is 0 Å². The molecule has 142 valence electrons. The van der Waals surface area contributed by atoms with Crippen molar-refractivity contribution in [2.75, 3.05) is 46.2 Å². The lowest BCUT2D eigenvalue weighted by atomic mass is 9.84. The van der Waals surface area contributed by atoms with Crippen LogP contribution in [-0.2, 0) is 19.0 Å². The molecule has 2 aliphatic rings. The molecule has 0 unspecified atom stereocenters. The normalized spacial score (nSPS) is 20.2. The molecule has 0 radical (unpaired) electrons. The maximum absolute atomic E-state index is 11.4. The van der Waals surface area contributed by atoms with Crippen LogP contribution in [0, 0.1) is 10.8 Å². The van der Waals surface area contributed by atoms with Gasteiger partial charge in [0.05, 0.1) is 38.4 Å². The second kappa shape index (κ2) is 11.0. The summed E-state index contributed by atoms with van der Waals surface area (Å²) in [5.74, 6) is -0.127. The molecular formula is C18H34O6. The van der Waals surface area contributed by atoms with Gasteiger partial charge < -0.3 is 24.4 Å². The van der Waals surface area contributed by atoms with Gasteiger partial charge in [-0.2, -0.15) is 0 Å². The molecule has 0 aromatic heterocycles. The number of carbonyl (C=O) groups is 1. The Labute approximate surface area is 145 Å². The minimum atomic E-state index is -0.127. The zero-order chi connectivity index (χ0) is 17.9. The second-order valence-corrected chi connectivity index (χ2v) is 7.05. The zero-order valence-electron chi connectivity index (χ0n) is 15.2. The predicted octanol–water partition coefficient (Wildman–Crippen LogP) is 1.91. The minimum absolute atomic E-state index is 0.0841. The van der Waals surface area contributed by atoms with E-state index in [0.29, 0.717) is 26.2 Å². The monoisotopic (exact) mass is 346 g/mol. The van der Waals surface area contributed by atoms with E-state index in [1.807, 2.05) is 0 Å². The molecule has 24 heavy (non-hydrogen) atoms. The van der Waals surface area contributed by atoms with Crippen molar-refractivity contribution < 1.29 is 29.2 Å². The predicted molar refractivity (Wildman–Crippen MR) is 90.7 cm³/mol. The molecule has 0 amide bonds. The number of hydrogen-bond donors (Lipinski definition) is 2. The van der Waals surface area contributed by atoms with Crippen LogP contribution in [0.25, 0.3) is 0 Å². The lowest BCUT2D eigenvalue weighted by Crippen LogP contribution is -2.46. The topological polar surface area (TPSA) is 85.2 Å². The van der Waals surface area contributed by atoms with Crippen molar-refractivity contribution in [3.63, 3.8) is 0 Å². The summed E-state index contributed by atoms with van der Waals surface area (Å²) in [4.78, 5) is 11.4. The first-order chi connectivity index (χ1) is 11.6. The third-order valence-corrected chi connectivity index (χ3v) is 5.05. The van der Waals surface area contributed by atoms with Crippen LogP contribution in [-0.4, -0.2) is 62.4 Å². The number of ether oxygens (including phenoxy) is 3. The summed E-state index contributed by atoms with van der Waals surface area (Å²) in [5.41, 5.74) is 0.223. The highest BCUT2D eigenvalue weighted by atomic mass is 16.5. The molecule has 0 bridgehead atoms. The van der Waals surface area contributed by atoms with Crippen molar-refractivity contribution in [1.82, 2.24) is 0 Å². The quantitative estimate of drug-likeness (QED) is 0.464. The fraction of sp³-hybridized carbons (Fsp3) is 0.944. The second-order valence-electron chi connectivity index (χ2n) is 7.05. The number of hydrogen-bond acceptors (Lipinski definition) is 6. The van der Waals surface area contributed by atoms with E-state index in [1.165, 1.54) is 0 Å². The fourth-order valence-electron chi connectivity index (χ4n) is 2.44. The maximum atomic E-state index is 11.4. The van der Waals surface area contributed by atoms with E-state index in [4.69, 9.17) is 24.4 Å². The molecule has 0 saturated carbocycles. The Kier molecular flexibility index (Phi) is 9.81. The number of esters is 1. The van der Waals surface area contributed by atoms with E-state index >= 15 is 0 Å². The fourth-order valence-corrected chi connectivity index (χ4v) is 2.44. The summed E-state index contributed by atoms with van der Waals surface area (Å²) in [6.45, 7) is 8.07. The third kappa shape index (κ3) is 6.67. The van der Waals surface area contributed by atoms with Crippen LogP contribution >= 0.6 is 0 Å². The molecule has 0 aromatic carbocycles. The van der Waals surface area contributed by atoms with Gasteiger partial charge in [0.2, 0.25) is 0 Å². The first-order valence-electron chi connectivity index (χ1n) is 9.08. The molecule has 2 heterocycles. The summed E-state index contributed by atoms with van der Waals surface area (Å²) >= 11 is 0. The highest BCUT2D eigenvalue weighted by molar-refractivity contribution is 5.69. The average Bonchev–Trinajstić information content (AvgIpc) is 2.52. The van der Waals surface area contributed by atoms with Crippen LogP contribution in [0.5, 0.6) is 0 Å². The van der Waals surface area contributed by atoms with Gasteiger partial charge in [-0.15, -0.1) is 0 Å². The summed E-state index contributed by atoms with van der Waals surface area (Å²) in [5, 5.41) is 17.3. The molecule has 0 aromatic rings. The lowest BCUT2D eigenvalue weighted by molar-refractivity contribution is -0.170. The number of unbranched alkanes of at least 4 members (excludes halogenated alkanes) is 2. The Morgan fingerprint density at radius 1 is 0.958 bits per heavy atom. The van der Waals surface area contributed by atoms with Gasteiger partial charge in [0.15, 0.2) is 0 Å². The minimum Gasteiger partial charge on any atom is -0.465 e. The van der Waals surface area contributed by atoms with Crippen molar-refractivity contribution in [3.8, 4) is 0 Å². The Hall–Kier alpha value is -0.690. The zero-order valence-corrected chi connectivity index (χ0v) is 15.2. The van der Waals surface area contributed by atoms with E-state index < -0.39 is 0 Å². The van der Waals surface area contributed by atoms with Gasteiger partial charge in [-0.3, -0.25) is 4.79 Å². The van der Waals surface area contributed by atoms with Crippen molar-refractivity contribution >= 4 is 5.97 Å². The lowest BCUT2D eigenvalue weighted by Gasteiger charge is -2.39. The first-order valence-corrected chi connectivity index (χ1v) is 9.08. The largest absolute Gasteiger partial charge is 0.465 e. The molecule has 0 aliphatic carbocycles. The number of aliphatic hydroxyl groups is 2. The van der Waals surface area contributed by atoms with E-state index in [0.717, 1.165) is 45.3 Å². The average molecular weight is 346 g/mol. The smallest absolute Gasteiger partial charge is 0.305 e. The van der Waals surface area contributed by atoms with Crippen LogP contribution in [0.15, 0.2) is 0 Å². The number of aliphatic hydroxyl groups excluding tert-OH is 2. The van der Waals surface area contributed by atoms with E-state index in [1.54, 1.807) is 0 Å². The van der Waals surface area contributed by atoms with Crippen LogP contribution in [0.4, 0.5) is 0 Å². The summed E-state index contributed by atoms with van der Waals surface area (Å²) in [7, 11) is 0. The Bertz CT molecular complexity index is 330. The van der Waals surface area contributed by atoms with Crippen molar-refractivity contribution in [3.05, 3.63) is 0 Å². The third-order valence-electron chi connectivity index (χ3n) is 5.05. The van der Waals surface area contributed by atoms with Gasteiger partial charge in [-0.1, -0.05) is 20.3 Å². The number of carbonyl (C=O) groups excluding carboxylic acids is 1. The van der Waals surface area contributed by atoms with Crippen LogP contribution in [0.2, 0.25) is 0 Å². The molecule has 2 N–H and O–H groups in total. The highest BCUT2D eigenvalue weighted by Crippen LogP contribution is 2.31. The molecule has 2 saturated heterocycles. The van der Waals surface area contributed by atoms with Crippen molar-refractivity contribution in [2.45, 2.75) is 52.4 Å². The van der Waals surface area contributed by atoms with E-state index in [9.17, 15) is 4.79 Å². The van der Waals surface area contributed by atoms with Crippen LogP contribution in [0.3, 0.4) is 0 Å². The summed E-state index contributed by atoms with van der Waals surface area (Å²) in [6.07, 6.45) is 4.93.